The number of nitrogens with zero attached hydrogens (tertiary/aromatic N) is 1. The number of hydrogen-bond donors (Lipinski definition) is 1. The van der Waals surface area contributed by atoms with Crippen molar-refractivity contribution in [1.82, 2.24) is 4.90 Å². The molecule has 0 radical (unpaired) electrons. The van der Waals surface area contributed by atoms with Crippen LogP contribution in [0.3, 0.4) is 0 Å². The first kappa shape index (κ1) is 23.9. The maximum atomic E-state index is 12.7. The van der Waals surface area contributed by atoms with E-state index in [1.165, 1.54) is 5.57 Å². The Morgan fingerprint density at radius 2 is 2.09 bits per heavy atom. The van der Waals surface area contributed by atoms with Gasteiger partial charge < -0.3 is 24.2 Å². The van der Waals surface area contributed by atoms with Gasteiger partial charge >= 0.3 is 6.09 Å². The van der Waals surface area contributed by atoms with Crippen molar-refractivity contribution in [3.8, 4) is 11.5 Å². The van der Waals surface area contributed by atoms with Crippen molar-refractivity contribution in [1.29, 1.82) is 0 Å². The molecular formula is C27H39NO5. The summed E-state index contributed by atoms with van der Waals surface area (Å²) >= 11 is 0. The molecule has 0 spiro atoms. The third-order valence-electron chi connectivity index (χ3n) is 7.18. The number of likely N-dealkylation sites (tertiary alicyclic amines) is 1. The Kier molecular flexibility index (Phi) is 6.43. The van der Waals surface area contributed by atoms with E-state index < -0.39 is 11.2 Å². The predicted molar refractivity (Wildman–Crippen MR) is 127 cm³/mol. The third kappa shape index (κ3) is 5.16. The van der Waals surface area contributed by atoms with Gasteiger partial charge in [-0.15, -0.1) is 0 Å². The molecule has 1 aromatic rings. The highest BCUT2D eigenvalue weighted by molar-refractivity contribution is 5.68. The van der Waals surface area contributed by atoms with Gasteiger partial charge in [0.15, 0.2) is 0 Å². The van der Waals surface area contributed by atoms with Crippen LogP contribution in [-0.2, 0) is 9.47 Å². The molecule has 6 nitrogen and oxygen atoms in total. The third-order valence-corrected chi connectivity index (χ3v) is 7.18. The average Bonchev–Trinajstić information content (AvgIpc) is 2.70. The van der Waals surface area contributed by atoms with E-state index in [4.69, 9.17) is 14.2 Å². The maximum Gasteiger partial charge on any atom is 0.410 e. The number of phenolic OH excluding ortho intramolecular Hbond substituents is 1. The highest BCUT2D eigenvalue weighted by Gasteiger charge is 2.53. The number of ether oxygens (including phenoxy) is 3. The molecule has 2 fully saturated rings. The summed E-state index contributed by atoms with van der Waals surface area (Å²) in [5.41, 5.74) is 1.39. The second-order valence-corrected chi connectivity index (χ2v) is 11.4. The van der Waals surface area contributed by atoms with Crippen LogP contribution in [0, 0.1) is 11.8 Å². The topological polar surface area (TPSA) is 68.2 Å². The van der Waals surface area contributed by atoms with Gasteiger partial charge in [-0.1, -0.05) is 11.6 Å². The Morgan fingerprint density at radius 1 is 1.33 bits per heavy atom. The van der Waals surface area contributed by atoms with Crippen LogP contribution in [0.4, 0.5) is 4.79 Å². The number of piperidine rings is 1. The van der Waals surface area contributed by atoms with Crippen molar-refractivity contribution in [2.24, 2.45) is 11.8 Å². The van der Waals surface area contributed by atoms with Gasteiger partial charge in [-0.05, 0) is 79.4 Å². The molecule has 4 rings (SSSR count). The van der Waals surface area contributed by atoms with Crippen LogP contribution in [0.1, 0.15) is 78.9 Å². The van der Waals surface area contributed by atoms with E-state index in [0.717, 1.165) is 37.0 Å². The largest absolute Gasteiger partial charge is 0.508 e. The van der Waals surface area contributed by atoms with E-state index in [9.17, 15) is 9.90 Å². The Balaban J connectivity index is 1.58. The molecule has 0 unspecified atom stereocenters. The quantitative estimate of drug-likeness (QED) is 0.565. The number of fused-ring (bicyclic) bond motifs is 4. The van der Waals surface area contributed by atoms with Crippen LogP contribution in [0.2, 0.25) is 0 Å². The zero-order chi connectivity index (χ0) is 24.0. The summed E-state index contributed by atoms with van der Waals surface area (Å²) in [7, 11) is 0. The number of carbonyl (C=O) groups excluding carboxylic acids is 1. The summed E-state index contributed by atoms with van der Waals surface area (Å²) in [6.45, 7) is 13.4. The normalized spacial score (nSPS) is 30.9. The molecule has 182 valence electrons. The van der Waals surface area contributed by atoms with E-state index in [1.54, 1.807) is 12.1 Å². The Bertz CT molecular complexity index is 916. The van der Waals surface area contributed by atoms with Gasteiger partial charge in [-0.2, -0.15) is 0 Å². The number of benzene rings is 1. The summed E-state index contributed by atoms with van der Waals surface area (Å²) in [6.07, 6.45) is 5.57. The van der Waals surface area contributed by atoms with E-state index in [-0.39, 0.29) is 35.9 Å². The lowest BCUT2D eigenvalue weighted by Gasteiger charge is -2.54. The number of amides is 1. The lowest BCUT2D eigenvalue weighted by atomic mass is 9.68. The number of phenols is 1. The summed E-state index contributed by atoms with van der Waals surface area (Å²) in [6, 6.07) is 5.37. The fourth-order valence-electron chi connectivity index (χ4n) is 5.56. The van der Waals surface area contributed by atoms with Crippen molar-refractivity contribution in [2.45, 2.75) is 90.6 Å². The number of rotatable bonds is 3. The summed E-state index contributed by atoms with van der Waals surface area (Å²) in [5, 5.41) is 10.1. The van der Waals surface area contributed by atoms with E-state index in [2.05, 4.69) is 26.8 Å². The average molecular weight is 458 g/mol. The van der Waals surface area contributed by atoms with Gasteiger partial charge in [0.25, 0.3) is 0 Å². The molecule has 3 aliphatic heterocycles. The van der Waals surface area contributed by atoms with Crippen LogP contribution in [0.5, 0.6) is 11.5 Å². The van der Waals surface area contributed by atoms with Gasteiger partial charge in [0, 0.05) is 36.6 Å². The Labute approximate surface area is 197 Å². The zero-order valence-electron chi connectivity index (χ0n) is 20.9. The van der Waals surface area contributed by atoms with Gasteiger partial charge in [-0.3, -0.25) is 0 Å². The van der Waals surface area contributed by atoms with Crippen molar-refractivity contribution >= 4 is 6.09 Å². The predicted octanol–water partition coefficient (Wildman–Crippen LogP) is 5.99. The molecule has 1 amide bonds. The molecule has 1 aromatic carbocycles. The van der Waals surface area contributed by atoms with Crippen LogP contribution in [-0.4, -0.2) is 46.5 Å². The molecule has 3 heterocycles. The van der Waals surface area contributed by atoms with Crippen LogP contribution >= 0.6 is 0 Å². The molecule has 0 bridgehead atoms. The minimum absolute atomic E-state index is 0.0691. The van der Waals surface area contributed by atoms with Crippen LogP contribution in [0.25, 0.3) is 0 Å². The first-order valence-corrected chi connectivity index (χ1v) is 12.2. The van der Waals surface area contributed by atoms with Gasteiger partial charge in [0.1, 0.15) is 22.7 Å². The van der Waals surface area contributed by atoms with E-state index in [0.29, 0.717) is 13.1 Å². The van der Waals surface area contributed by atoms with Crippen LogP contribution < -0.4 is 4.74 Å². The Hall–Kier alpha value is -2.21. The highest BCUT2D eigenvalue weighted by atomic mass is 16.6. The summed E-state index contributed by atoms with van der Waals surface area (Å²) in [5.74, 6) is 1.34. The molecule has 5 atom stereocenters. The lowest BCUT2D eigenvalue weighted by Crippen LogP contribution is -2.57. The minimum Gasteiger partial charge on any atom is -0.508 e. The Morgan fingerprint density at radius 3 is 2.79 bits per heavy atom. The first-order valence-electron chi connectivity index (χ1n) is 12.2. The zero-order valence-corrected chi connectivity index (χ0v) is 20.9. The van der Waals surface area contributed by atoms with Crippen molar-refractivity contribution < 1.29 is 24.1 Å². The summed E-state index contributed by atoms with van der Waals surface area (Å²) in [4.78, 5) is 14.5. The maximum absolute atomic E-state index is 12.7. The van der Waals surface area contributed by atoms with Crippen molar-refractivity contribution in [3.05, 3.63) is 35.4 Å². The molecular weight excluding hydrogens is 418 g/mol. The van der Waals surface area contributed by atoms with Gasteiger partial charge in [0.2, 0.25) is 0 Å². The van der Waals surface area contributed by atoms with Crippen LogP contribution in [0.15, 0.2) is 29.8 Å². The van der Waals surface area contributed by atoms with Gasteiger partial charge in [-0.25, -0.2) is 4.79 Å². The van der Waals surface area contributed by atoms with Gasteiger partial charge in [0.05, 0.1) is 12.2 Å². The molecule has 6 heteroatoms. The number of carbonyl (C=O) groups is 1. The molecule has 0 saturated carbocycles. The molecule has 3 aliphatic rings. The second kappa shape index (κ2) is 8.86. The molecule has 0 aliphatic carbocycles. The highest BCUT2D eigenvalue weighted by Crippen LogP contribution is 2.54. The first-order chi connectivity index (χ1) is 15.4. The number of aromatic hydroxyl groups is 1. The van der Waals surface area contributed by atoms with E-state index >= 15 is 0 Å². The van der Waals surface area contributed by atoms with Crippen molar-refractivity contribution in [3.63, 3.8) is 0 Å². The molecule has 0 aromatic heterocycles. The standard InChI is InChI=1S/C27H39NO5/c1-17(2)8-7-12-27(6)21-14-18-16-28(25(30)33-26(3,4)5)13-11-22(18)31-24(21)20-10-9-19(29)15-23(20)32-27/h8-10,15,18,21-22,24,29H,7,11-14,16H2,1-6H3/t18-,21-,22-,24+,27-/m0/s1. The monoisotopic (exact) mass is 457 g/mol. The SMILES string of the molecule is CC(C)=CCC[C@]1(C)Oc2cc(O)ccc2[C@H]2O[C@H]3CCN(C(=O)OC(C)(C)C)C[C@@H]3C[C@@H]21. The van der Waals surface area contributed by atoms with Crippen molar-refractivity contribution in [2.75, 3.05) is 13.1 Å². The number of hydrogen-bond acceptors (Lipinski definition) is 5. The lowest BCUT2D eigenvalue weighted by molar-refractivity contribution is -0.191. The second-order valence-electron chi connectivity index (χ2n) is 11.4. The fourth-order valence-corrected chi connectivity index (χ4v) is 5.56. The molecule has 1 N–H and O–H groups in total. The molecule has 33 heavy (non-hydrogen) atoms. The smallest absolute Gasteiger partial charge is 0.410 e. The number of allylic oxidation sites excluding steroid dienone is 2. The minimum atomic E-state index is -0.502. The molecule has 2 saturated heterocycles. The van der Waals surface area contributed by atoms with E-state index in [1.807, 2.05) is 31.7 Å². The fraction of sp³-hybridized carbons (Fsp3) is 0.667. The summed E-state index contributed by atoms with van der Waals surface area (Å²) < 4.78 is 19.0.